The van der Waals surface area contributed by atoms with Crippen molar-refractivity contribution in [1.29, 1.82) is 0 Å². The van der Waals surface area contributed by atoms with Crippen LogP contribution in [-0.2, 0) is 14.9 Å². The number of hydrogen-bond acceptors (Lipinski definition) is 3. The molecule has 0 aromatic rings. The smallest absolute Gasteiger partial charge is 0.336 e. The van der Waals surface area contributed by atoms with E-state index < -0.39 is 26.6 Å². The summed E-state index contributed by atoms with van der Waals surface area (Å²) in [7, 11) is -4.52. The second-order valence-corrected chi connectivity index (χ2v) is 3.12. The Balaban J connectivity index is 4.83. The van der Waals surface area contributed by atoms with Gasteiger partial charge in [0.05, 0.1) is 5.57 Å². The van der Waals surface area contributed by atoms with Crippen LogP contribution in [0.2, 0.25) is 0 Å². The summed E-state index contributed by atoms with van der Waals surface area (Å²) in [4.78, 5) is 9.15. The van der Waals surface area contributed by atoms with Crippen LogP contribution in [0.1, 0.15) is 0 Å². The molecule has 11 heavy (non-hydrogen) atoms. The van der Waals surface area contributed by atoms with Crippen LogP contribution in [0.15, 0.2) is 23.6 Å². The van der Waals surface area contributed by atoms with E-state index in [-0.39, 0.29) is 0 Å². The Labute approximate surface area is 63.4 Å². The molecule has 0 amide bonds. The summed E-state index contributed by atoms with van der Waals surface area (Å²) in [6.07, 6.45) is 0. The first-order valence-electron chi connectivity index (χ1n) is 2.35. The predicted molar refractivity (Wildman–Crippen MR) is 37.5 cm³/mol. The molecule has 0 saturated heterocycles. The van der Waals surface area contributed by atoms with E-state index in [1.165, 1.54) is 0 Å². The SMILES string of the molecule is C=C(C(=C)S(=O)(=O)O)C(=O)O. The van der Waals surface area contributed by atoms with Gasteiger partial charge in [-0.2, -0.15) is 8.42 Å². The maximum absolute atomic E-state index is 10.2. The largest absolute Gasteiger partial charge is 0.478 e. The van der Waals surface area contributed by atoms with E-state index in [9.17, 15) is 13.2 Å². The van der Waals surface area contributed by atoms with E-state index in [2.05, 4.69) is 13.2 Å². The highest BCUT2D eigenvalue weighted by atomic mass is 32.2. The fraction of sp³-hybridized carbons (Fsp3) is 0. The Morgan fingerprint density at radius 3 is 1.73 bits per heavy atom. The minimum absolute atomic E-state index is 0.743. The molecule has 0 aliphatic heterocycles. The van der Waals surface area contributed by atoms with Crippen molar-refractivity contribution in [1.82, 2.24) is 0 Å². The summed E-state index contributed by atoms with van der Waals surface area (Å²) in [5, 5.41) is 8.18. The Kier molecular flexibility index (Phi) is 2.55. The van der Waals surface area contributed by atoms with Crippen molar-refractivity contribution in [2.45, 2.75) is 0 Å². The van der Waals surface area contributed by atoms with Gasteiger partial charge >= 0.3 is 5.97 Å². The third-order valence-electron chi connectivity index (χ3n) is 0.906. The molecule has 0 radical (unpaired) electrons. The molecule has 0 atom stereocenters. The zero-order chi connectivity index (χ0) is 9.23. The van der Waals surface area contributed by atoms with Crippen molar-refractivity contribution in [3.8, 4) is 0 Å². The maximum Gasteiger partial charge on any atom is 0.336 e. The summed E-state index contributed by atoms with van der Waals surface area (Å²) < 4.78 is 28.7. The zero-order valence-corrected chi connectivity index (χ0v) is 6.26. The van der Waals surface area contributed by atoms with E-state index in [1.54, 1.807) is 0 Å². The van der Waals surface area contributed by atoms with Crippen LogP contribution in [0.4, 0.5) is 0 Å². The van der Waals surface area contributed by atoms with Gasteiger partial charge in [-0.3, -0.25) is 4.55 Å². The van der Waals surface area contributed by atoms with Gasteiger partial charge in [-0.1, -0.05) is 13.2 Å². The van der Waals surface area contributed by atoms with Gasteiger partial charge in [0.15, 0.2) is 0 Å². The molecule has 5 nitrogen and oxygen atoms in total. The second-order valence-electron chi connectivity index (χ2n) is 1.68. The summed E-state index contributed by atoms with van der Waals surface area (Å²) >= 11 is 0. The highest BCUT2D eigenvalue weighted by molar-refractivity contribution is 7.90. The average Bonchev–Trinajstić information content (AvgIpc) is 1.82. The number of carboxylic acid groups (broad SMARTS) is 1. The molecule has 0 rings (SSSR count). The molecule has 0 heterocycles. The molecule has 0 spiro atoms. The van der Waals surface area contributed by atoms with Crippen molar-refractivity contribution >= 4 is 16.1 Å². The van der Waals surface area contributed by atoms with Gasteiger partial charge in [-0.25, -0.2) is 4.79 Å². The lowest BCUT2D eigenvalue weighted by molar-refractivity contribution is -0.132. The van der Waals surface area contributed by atoms with Gasteiger partial charge in [-0.05, 0) is 0 Å². The van der Waals surface area contributed by atoms with Crippen LogP contribution in [0.5, 0.6) is 0 Å². The summed E-state index contributed by atoms with van der Waals surface area (Å²) in [6, 6.07) is 0. The molecule has 0 bridgehead atoms. The standard InChI is InChI=1S/C5H6O5S/c1-3(5(6)7)4(2)11(8,9)10/h1-2H2,(H,6,7)(H,8,9,10). The third-order valence-corrected chi connectivity index (χ3v) is 1.78. The zero-order valence-electron chi connectivity index (χ0n) is 5.44. The van der Waals surface area contributed by atoms with Crippen molar-refractivity contribution in [2.24, 2.45) is 0 Å². The van der Waals surface area contributed by atoms with Gasteiger partial charge in [0.2, 0.25) is 0 Å². The molecule has 0 saturated carbocycles. The van der Waals surface area contributed by atoms with Crippen LogP contribution in [0.3, 0.4) is 0 Å². The lowest BCUT2D eigenvalue weighted by Crippen LogP contribution is -2.09. The van der Waals surface area contributed by atoms with Crippen molar-refractivity contribution in [2.75, 3.05) is 0 Å². The van der Waals surface area contributed by atoms with Crippen LogP contribution in [0.25, 0.3) is 0 Å². The van der Waals surface area contributed by atoms with Crippen LogP contribution < -0.4 is 0 Å². The number of carbonyl (C=O) groups is 1. The minimum Gasteiger partial charge on any atom is -0.478 e. The first-order chi connectivity index (χ1) is 4.76. The highest BCUT2D eigenvalue weighted by Gasteiger charge is 2.19. The lowest BCUT2D eigenvalue weighted by Gasteiger charge is -1.98. The minimum atomic E-state index is -4.52. The topological polar surface area (TPSA) is 91.7 Å². The Bertz CT molecular complexity index is 310. The average molecular weight is 178 g/mol. The first-order valence-corrected chi connectivity index (χ1v) is 3.79. The van der Waals surface area contributed by atoms with E-state index in [4.69, 9.17) is 9.66 Å². The van der Waals surface area contributed by atoms with Crippen LogP contribution in [0, 0.1) is 0 Å². The molecule has 0 aliphatic carbocycles. The summed E-state index contributed by atoms with van der Waals surface area (Å²) in [6.45, 7) is 5.71. The molecule has 0 aromatic heterocycles. The van der Waals surface area contributed by atoms with Crippen molar-refractivity contribution in [3.05, 3.63) is 23.6 Å². The normalized spacial score (nSPS) is 10.6. The fourth-order valence-corrected chi connectivity index (χ4v) is 0.674. The van der Waals surface area contributed by atoms with Crippen LogP contribution >= 0.6 is 0 Å². The maximum atomic E-state index is 10.2. The highest BCUT2D eigenvalue weighted by Crippen LogP contribution is 2.10. The molecule has 0 aliphatic rings. The van der Waals surface area contributed by atoms with E-state index in [0.29, 0.717) is 0 Å². The van der Waals surface area contributed by atoms with Gasteiger partial charge in [0, 0.05) is 0 Å². The van der Waals surface area contributed by atoms with Crippen molar-refractivity contribution in [3.63, 3.8) is 0 Å². The lowest BCUT2D eigenvalue weighted by atomic mass is 10.3. The third kappa shape index (κ3) is 2.52. The second kappa shape index (κ2) is 2.85. The van der Waals surface area contributed by atoms with Crippen molar-refractivity contribution < 1.29 is 22.9 Å². The number of rotatable bonds is 3. The number of aliphatic carboxylic acids is 1. The van der Waals surface area contributed by atoms with Gasteiger partial charge in [-0.15, -0.1) is 0 Å². The Hall–Kier alpha value is -1.14. The predicted octanol–water partition coefficient (Wildman–Crippen LogP) is 0.0287. The molecular weight excluding hydrogens is 172 g/mol. The Morgan fingerprint density at radius 1 is 1.27 bits per heavy atom. The number of carboxylic acids is 1. The van der Waals surface area contributed by atoms with Gasteiger partial charge < -0.3 is 5.11 Å². The van der Waals surface area contributed by atoms with E-state index in [0.717, 1.165) is 0 Å². The monoisotopic (exact) mass is 178 g/mol. The quantitative estimate of drug-likeness (QED) is 0.361. The molecule has 0 unspecified atom stereocenters. The molecule has 2 N–H and O–H groups in total. The molecular formula is C5H6O5S. The molecule has 0 fully saturated rings. The summed E-state index contributed by atoms with van der Waals surface area (Å²) in [5.74, 6) is -1.53. The first kappa shape index (κ1) is 9.86. The molecule has 6 heteroatoms. The van der Waals surface area contributed by atoms with E-state index in [1.807, 2.05) is 0 Å². The van der Waals surface area contributed by atoms with Gasteiger partial charge in [0.1, 0.15) is 4.91 Å². The summed E-state index contributed by atoms with van der Waals surface area (Å²) in [5.41, 5.74) is -0.743. The van der Waals surface area contributed by atoms with E-state index >= 15 is 0 Å². The van der Waals surface area contributed by atoms with Gasteiger partial charge in [0.25, 0.3) is 10.1 Å². The number of hydrogen-bond donors (Lipinski definition) is 2. The molecule has 62 valence electrons. The van der Waals surface area contributed by atoms with Crippen LogP contribution in [-0.4, -0.2) is 24.0 Å². The molecule has 0 aromatic carbocycles. The Morgan fingerprint density at radius 2 is 1.64 bits per heavy atom. The fourth-order valence-electron chi connectivity index (χ4n) is 0.275.